The number of anilines is 1. The van der Waals surface area contributed by atoms with Crippen molar-refractivity contribution in [2.75, 3.05) is 24.5 Å². The number of rotatable bonds is 6. The van der Waals surface area contributed by atoms with Crippen LogP contribution in [0.1, 0.15) is 30.1 Å². The molecule has 1 saturated heterocycles. The zero-order valence-corrected chi connectivity index (χ0v) is 18.8. The van der Waals surface area contributed by atoms with Crippen molar-refractivity contribution in [2.24, 2.45) is 5.92 Å². The van der Waals surface area contributed by atoms with Crippen LogP contribution in [-0.2, 0) is 11.2 Å². The van der Waals surface area contributed by atoms with Crippen LogP contribution in [0.3, 0.4) is 0 Å². The lowest BCUT2D eigenvalue weighted by Crippen LogP contribution is -2.41. The first-order valence-corrected chi connectivity index (χ1v) is 11.3. The molecule has 0 saturated carbocycles. The molecular formula is C24H27N7O2. The van der Waals surface area contributed by atoms with Crippen LogP contribution in [-0.4, -0.2) is 50.6 Å². The molecule has 3 aromatic heterocycles. The molecular weight excluding hydrogens is 418 g/mol. The van der Waals surface area contributed by atoms with Crippen LogP contribution in [0.25, 0.3) is 22.4 Å². The number of amides is 1. The number of hydrogen-bond acceptors (Lipinski definition) is 7. The molecule has 33 heavy (non-hydrogen) atoms. The molecule has 9 heteroatoms. The maximum Gasteiger partial charge on any atom is 0.263 e. The first-order valence-electron chi connectivity index (χ1n) is 11.3. The molecule has 170 valence electrons. The summed E-state index contributed by atoms with van der Waals surface area (Å²) in [6, 6.07) is 8.23. The highest BCUT2D eigenvalue weighted by atomic mass is 16.5. The van der Waals surface area contributed by atoms with Crippen molar-refractivity contribution in [2.45, 2.75) is 33.1 Å². The van der Waals surface area contributed by atoms with Crippen molar-refractivity contribution in [1.82, 2.24) is 30.4 Å². The van der Waals surface area contributed by atoms with E-state index in [9.17, 15) is 4.79 Å². The van der Waals surface area contributed by atoms with Crippen LogP contribution < -0.4 is 10.2 Å². The average Bonchev–Trinajstić information content (AvgIpc) is 3.45. The van der Waals surface area contributed by atoms with E-state index in [1.54, 1.807) is 13.1 Å². The molecule has 0 unspecified atom stereocenters. The van der Waals surface area contributed by atoms with Crippen LogP contribution in [0.5, 0.6) is 0 Å². The van der Waals surface area contributed by atoms with Crippen molar-refractivity contribution >= 4 is 22.6 Å². The second-order valence-corrected chi connectivity index (χ2v) is 8.46. The number of benzene rings is 1. The molecule has 0 aliphatic carbocycles. The molecule has 2 N–H and O–H groups in total. The number of carbonyl (C=O) groups is 1. The van der Waals surface area contributed by atoms with Gasteiger partial charge in [0.25, 0.3) is 5.89 Å². The number of H-pyrrole nitrogens is 1. The molecule has 0 radical (unpaired) electrons. The fourth-order valence-corrected chi connectivity index (χ4v) is 4.41. The van der Waals surface area contributed by atoms with Crippen molar-refractivity contribution in [3.8, 4) is 11.5 Å². The largest absolute Gasteiger partial charge is 0.361 e. The van der Waals surface area contributed by atoms with Gasteiger partial charge in [0.15, 0.2) is 5.82 Å². The Bertz CT molecular complexity index is 1270. The van der Waals surface area contributed by atoms with Crippen molar-refractivity contribution in [1.29, 1.82) is 0 Å². The molecule has 4 aromatic rings. The number of aromatic nitrogens is 5. The topological polar surface area (TPSA) is 113 Å². The normalized spacial score (nSPS) is 14.7. The van der Waals surface area contributed by atoms with Gasteiger partial charge in [-0.2, -0.15) is 4.98 Å². The van der Waals surface area contributed by atoms with Gasteiger partial charge in [0.1, 0.15) is 17.2 Å². The summed E-state index contributed by atoms with van der Waals surface area (Å²) in [5.41, 5.74) is 3.08. The summed E-state index contributed by atoms with van der Waals surface area (Å²) in [5.74, 6) is 2.58. The minimum Gasteiger partial charge on any atom is -0.361 e. The predicted molar refractivity (Wildman–Crippen MR) is 125 cm³/mol. The summed E-state index contributed by atoms with van der Waals surface area (Å²) in [5, 5.41) is 8.23. The lowest BCUT2D eigenvalue weighted by Gasteiger charge is -2.32. The minimum absolute atomic E-state index is 0.00116. The Labute approximate surface area is 191 Å². The van der Waals surface area contributed by atoms with Crippen LogP contribution in [0.4, 0.5) is 5.82 Å². The quantitative estimate of drug-likeness (QED) is 0.469. The Kier molecular flexibility index (Phi) is 5.77. The third kappa shape index (κ3) is 4.44. The molecule has 1 amide bonds. The second kappa shape index (κ2) is 9.01. The Morgan fingerprint density at radius 3 is 2.79 bits per heavy atom. The van der Waals surface area contributed by atoms with E-state index in [2.05, 4.69) is 47.4 Å². The number of piperidine rings is 1. The van der Waals surface area contributed by atoms with E-state index < -0.39 is 0 Å². The molecule has 0 bridgehead atoms. The Morgan fingerprint density at radius 1 is 1.18 bits per heavy atom. The number of nitrogens with one attached hydrogen (secondary N) is 2. The van der Waals surface area contributed by atoms with Gasteiger partial charge in [-0.25, -0.2) is 9.97 Å². The van der Waals surface area contributed by atoms with Gasteiger partial charge in [-0.05, 0) is 44.7 Å². The average molecular weight is 446 g/mol. The van der Waals surface area contributed by atoms with Crippen molar-refractivity contribution in [3.05, 3.63) is 53.9 Å². The van der Waals surface area contributed by atoms with E-state index in [0.29, 0.717) is 24.1 Å². The molecule has 5 rings (SSSR count). The van der Waals surface area contributed by atoms with E-state index in [1.165, 1.54) is 10.9 Å². The maximum atomic E-state index is 12.8. The first kappa shape index (κ1) is 21.1. The van der Waals surface area contributed by atoms with Gasteiger partial charge in [-0.15, -0.1) is 0 Å². The highest BCUT2D eigenvalue weighted by Crippen LogP contribution is 2.30. The Morgan fingerprint density at radius 2 is 2.00 bits per heavy atom. The summed E-state index contributed by atoms with van der Waals surface area (Å²) in [7, 11) is 0. The van der Waals surface area contributed by atoms with Gasteiger partial charge in [-0.3, -0.25) is 4.79 Å². The number of fused-ring (bicyclic) bond motifs is 1. The standard InChI is InChI=1S/C24H27N7O2/c1-15-26-14-20(24-29-16(2)30-33-24)22(28-15)31-11-8-17(9-12-31)23(32)25-10-7-18-13-27-21-6-4-3-5-19(18)21/h3-6,13-14,17,27H,7-12H2,1-2H3,(H,25,32). The lowest BCUT2D eigenvalue weighted by molar-refractivity contribution is -0.125. The van der Waals surface area contributed by atoms with Crippen LogP contribution >= 0.6 is 0 Å². The van der Waals surface area contributed by atoms with Gasteiger partial charge >= 0.3 is 0 Å². The van der Waals surface area contributed by atoms with Gasteiger partial charge in [-0.1, -0.05) is 23.4 Å². The predicted octanol–water partition coefficient (Wildman–Crippen LogP) is 3.20. The fraction of sp³-hybridized carbons (Fsp3) is 0.375. The number of hydrogen-bond donors (Lipinski definition) is 2. The summed E-state index contributed by atoms with van der Waals surface area (Å²) in [4.78, 5) is 31.5. The number of aryl methyl sites for hydroxylation is 2. The van der Waals surface area contributed by atoms with E-state index in [-0.39, 0.29) is 11.8 Å². The highest BCUT2D eigenvalue weighted by Gasteiger charge is 2.28. The molecule has 0 atom stereocenters. The third-order valence-corrected chi connectivity index (χ3v) is 6.18. The monoisotopic (exact) mass is 445 g/mol. The molecule has 1 aromatic carbocycles. The SMILES string of the molecule is Cc1noc(-c2cnc(C)nc2N2CCC(C(=O)NCCc3c[nH]c4ccccc34)CC2)n1. The van der Waals surface area contributed by atoms with Crippen LogP contribution in [0, 0.1) is 19.8 Å². The van der Waals surface area contributed by atoms with Crippen LogP contribution in [0.2, 0.25) is 0 Å². The minimum atomic E-state index is 0.00116. The highest BCUT2D eigenvalue weighted by molar-refractivity contribution is 5.83. The van der Waals surface area contributed by atoms with Crippen LogP contribution in [0.15, 0.2) is 41.2 Å². The van der Waals surface area contributed by atoms with E-state index in [4.69, 9.17) is 4.52 Å². The summed E-state index contributed by atoms with van der Waals surface area (Å²) in [6.07, 6.45) is 6.10. The molecule has 1 aliphatic rings. The van der Waals surface area contributed by atoms with Gasteiger partial charge in [0.05, 0.1) is 0 Å². The number of nitrogens with zero attached hydrogens (tertiary/aromatic N) is 5. The smallest absolute Gasteiger partial charge is 0.263 e. The molecule has 9 nitrogen and oxygen atoms in total. The molecule has 4 heterocycles. The number of carbonyl (C=O) groups excluding carboxylic acids is 1. The fourth-order valence-electron chi connectivity index (χ4n) is 4.41. The molecule has 1 fully saturated rings. The van der Waals surface area contributed by atoms with E-state index >= 15 is 0 Å². The van der Waals surface area contributed by atoms with Gasteiger partial charge in [0.2, 0.25) is 5.91 Å². The number of aromatic amines is 1. The zero-order valence-electron chi connectivity index (χ0n) is 18.8. The Hall–Kier alpha value is -3.75. The lowest BCUT2D eigenvalue weighted by atomic mass is 9.95. The first-order chi connectivity index (χ1) is 16.1. The third-order valence-electron chi connectivity index (χ3n) is 6.18. The van der Waals surface area contributed by atoms with Crippen molar-refractivity contribution < 1.29 is 9.32 Å². The van der Waals surface area contributed by atoms with E-state index in [1.807, 2.05) is 25.3 Å². The van der Waals surface area contributed by atoms with Gasteiger partial charge < -0.3 is 19.7 Å². The second-order valence-electron chi connectivity index (χ2n) is 8.46. The maximum absolute atomic E-state index is 12.8. The summed E-state index contributed by atoms with van der Waals surface area (Å²) >= 11 is 0. The van der Waals surface area contributed by atoms with Gasteiger partial charge in [0, 0.05) is 48.8 Å². The summed E-state index contributed by atoms with van der Waals surface area (Å²) < 4.78 is 5.35. The molecule has 1 aliphatic heterocycles. The Balaban J connectivity index is 1.18. The van der Waals surface area contributed by atoms with Crippen molar-refractivity contribution in [3.63, 3.8) is 0 Å². The van der Waals surface area contributed by atoms with E-state index in [0.717, 1.165) is 49.2 Å². The number of para-hydroxylation sites is 1. The zero-order chi connectivity index (χ0) is 22.8. The summed E-state index contributed by atoms with van der Waals surface area (Å²) in [6.45, 7) is 5.74. The molecule has 0 spiro atoms.